The van der Waals surface area contributed by atoms with Gasteiger partial charge < -0.3 is 16.0 Å². The molecule has 0 aliphatic carbocycles. The largest absolute Gasteiger partial charge is 0.418 e. The lowest BCUT2D eigenvalue weighted by Crippen LogP contribution is -2.46. The predicted molar refractivity (Wildman–Crippen MR) is 98.4 cm³/mol. The molecule has 28 heavy (non-hydrogen) atoms. The summed E-state index contributed by atoms with van der Waals surface area (Å²) in [5.41, 5.74) is 0.655. The van der Waals surface area contributed by atoms with Crippen molar-refractivity contribution in [2.24, 2.45) is 0 Å². The summed E-state index contributed by atoms with van der Waals surface area (Å²) in [5, 5.41) is 7.52. The molecule has 146 valence electrons. The normalized spacial score (nSPS) is 17.0. The number of amides is 3. The van der Waals surface area contributed by atoms with Crippen LogP contribution in [-0.4, -0.2) is 11.9 Å². The molecule has 0 spiro atoms. The van der Waals surface area contributed by atoms with Crippen molar-refractivity contribution in [1.82, 2.24) is 10.6 Å². The molecule has 3 rings (SSSR count). The van der Waals surface area contributed by atoms with Crippen molar-refractivity contribution in [2.75, 3.05) is 5.32 Å². The van der Waals surface area contributed by atoms with E-state index >= 15 is 0 Å². The van der Waals surface area contributed by atoms with Crippen LogP contribution >= 0.6 is 0 Å². The van der Waals surface area contributed by atoms with Gasteiger partial charge in [-0.15, -0.1) is 0 Å². The van der Waals surface area contributed by atoms with Crippen molar-refractivity contribution >= 4 is 17.6 Å². The van der Waals surface area contributed by atoms with Crippen molar-refractivity contribution in [1.29, 1.82) is 0 Å². The number of hydrogen-bond donors (Lipinski definition) is 3. The fraction of sp³-hybridized carbons (Fsp3) is 0.200. The van der Waals surface area contributed by atoms with E-state index in [-0.39, 0.29) is 17.0 Å². The molecule has 0 bridgehead atoms. The van der Waals surface area contributed by atoms with E-state index in [0.29, 0.717) is 5.56 Å². The van der Waals surface area contributed by atoms with Crippen molar-refractivity contribution in [2.45, 2.75) is 26.1 Å². The molecule has 0 fully saturated rings. The Morgan fingerprint density at radius 2 is 1.68 bits per heavy atom. The number of carbonyl (C=O) groups is 2. The molecule has 0 aromatic heterocycles. The number of benzene rings is 2. The lowest BCUT2D eigenvalue weighted by Gasteiger charge is -2.29. The lowest BCUT2D eigenvalue weighted by molar-refractivity contribution is -0.137. The third-order valence-electron chi connectivity index (χ3n) is 4.49. The van der Waals surface area contributed by atoms with E-state index in [1.165, 1.54) is 25.1 Å². The average molecular weight is 389 g/mol. The van der Waals surface area contributed by atoms with E-state index in [2.05, 4.69) is 16.0 Å². The molecular formula is C20H18F3N3O2. The monoisotopic (exact) mass is 389 g/mol. The van der Waals surface area contributed by atoms with Crippen LogP contribution in [0, 0.1) is 6.92 Å². The van der Waals surface area contributed by atoms with Gasteiger partial charge in [-0.05, 0) is 37.1 Å². The molecule has 1 aliphatic heterocycles. The van der Waals surface area contributed by atoms with E-state index < -0.39 is 29.7 Å². The Hall–Kier alpha value is -3.29. The quantitative estimate of drug-likeness (QED) is 0.733. The van der Waals surface area contributed by atoms with Gasteiger partial charge in [0.1, 0.15) is 0 Å². The zero-order valence-electron chi connectivity index (χ0n) is 15.1. The minimum atomic E-state index is -4.61. The highest BCUT2D eigenvalue weighted by Crippen LogP contribution is 2.36. The molecule has 2 aromatic rings. The van der Waals surface area contributed by atoms with E-state index in [0.717, 1.165) is 11.6 Å². The number of alkyl halides is 3. The number of hydrogen-bond acceptors (Lipinski definition) is 2. The first-order valence-electron chi connectivity index (χ1n) is 8.50. The van der Waals surface area contributed by atoms with Crippen LogP contribution in [0.3, 0.4) is 0 Å². The number of anilines is 1. The Balaban J connectivity index is 2.01. The van der Waals surface area contributed by atoms with E-state index in [1.807, 2.05) is 19.1 Å². The number of rotatable bonds is 3. The maximum Gasteiger partial charge on any atom is 0.418 e. The molecule has 0 radical (unpaired) electrons. The second-order valence-electron chi connectivity index (χ2n) is 6.42. The van der Waals surface area contributed by atoms with Crippen LogP contribution in [0.1, 0.15) is 29.7 Å². The first-order chi connectivity index (χ1) is 13.2. The molecule has 0 saturated heterocycles. The molecule has 2 aromatic carbocycles. The second kappa shape index (κ2) is 7.38. The summed E-state index contributed by atoms with van der Waals surface area (Å²) >= 11 is 0. The Morgan fingerprint density at radius 1 is 1.04 bits per heavy atom. The highest BCUT2D eigenvalue weighted by molar-refractivity contribution is 6.07. The van der Waals surface area contributed by atoms with Crippen LogP contribution in [-0.2, 0) is 11.0 Å². The smallest absolute Gasteiger partial charge is 0.327 e. The van der Waals surface area contributed by atoms with E-state index in [1.54, 1.807) is 12.1 Å². The summed E-state index contributed by atoms with van der Waals surface area (Å²) in [6.07, 6.45) is -4.61. The topological polar surface area (TPSA) is 70.2 Å². The van der Waals surface area contributed by atoms with Gasteiger partial charge in [-0.25, -0.2) is 4.79 Å². The fourth-order valence-corrected chi connectivity index (χ4v) is 3.17. The van der Waals surface area contributed by atoms with Gasteiger partial charge in [0.05, 0.1) is 22.9 Å². The maximum absolute atomic E-state index is 13.2. The summed E-state index contributed by atoms with van der Waals surface area (Å²) in [4.78, 5) is 24.9. The predicted octanol–water partition coefficient (Wildman–Crippen LogP) is 4.28. The minimum Gasteiger partial charge on any atom is -0.327 e. The summed E-state index contributed by atoms with van der Waals surface area (Å²) in [7, 11) is 0. The molecule has 0 unspecified atom stereocenters. The van der Waals surface area contributed by atoms with Crippen molar-refractivity contribution in [3.05, 3.63) is 76.5 Å². The third-order valence-corrected chi connectivity index (χ3v) is 4.49. The van der Waals surface area contributed by atoms with Crippen molar-refractivity contribution < 1.29 is 22.8 Å². The molecule has 3 N–H and O–H groups in total. The van der Waals surface area contributed by atoms with Crippen LogP contribution < -0.4 is 16.0 Å². The first-order valence-corrected chi connectivity index (χ1v) is 8.50. The summed E-state index contributed by atoms with van der Waals surface area (Å²) in [6, 6.07) is 10.6. The minimum absolute atomic E-state index is 0.144. The summed E-state index contributed by atoms with van der Waals surface area (Å²) in [5.74, 6) is -0.727. The van der Waals surface area contributed by atoms with Gasteiger partial charge in [0, 0.05) is 5.70 Å². The molecular weight excluding hydrogens is 371 g/mol. The van der Waals surface area contributed by atoms with Gasteiger partial charge >= 0.3 is 12.2 Å². The van der Waals surface area contributed by atoms with Gasteiger partial charge in [-0.1, -0.05) is 36.4 Å². The number of carbonyl (C=O) groups excluding carboxylic acids is 2. The van der Waals surface area contributed by atoms with Crippen LogP contribution in [0.5, 0.6) is 0 Å². The van der Waals surface area contributed by atoms with E-state index in [9.17, 15) is 22.8 Å². The van der Waals surface area contributed by atoms with Gasteiger partial charge in [-0.2, -0.15) is 13.2 Å². The Labute approximate surface area is 159 Å². The van der Waals surface area contributed by atoms with Crippen LogP contribution in [0.25, 0.3) is 0 Å². The van der Waals surface area contributed by atoms with Crippen LogP contribution in [0.4, 0.5) is 23.7 Å². The summed E-state index contributed by atoms with van der Waals surface area (Å²) < 4.78 is 39.7. The Kier molecular flexibility index (Phi) is 5.13. The lowest BCUT2D eigenvalue weighted by atomic mass is 9.92. The zero-order chi connectivity index (χ0) is 20.5. The van der Waals surface area contributed by atoms with Crippen LogP contribution in [0.15, 0.2) is 59.8 Å². The van der Waals surface area contributed by atoms with Gasteiger partial charge in [0.2, 0.25) is 0 Å². The number of nitrogens with one attached hydrogen (secondary N) is 3. The third kappa shape index (κ3) is 3.85. The number of urea groups is 1. The maximum atomic E-state index is 13.2. The molecule has 1 aliphatic rings. The zero-order valence-corrected chi connectivity index (χ0v) is 15.1. The molecule has 3 amide bonds. The Morgan fingerprint density at radius 3 is 2.36 bits per heavy atom. The second-order valence-corrected chi connectivity index (χ2v) is 6.42. The number of para-hydroxylation sites is 1. The van der Waals surface area contributed by atoms with E-state index in [4.69, 9.17) is 0 Å². The fourth-order valence-electron chi connectivity index (χ4n) is 3.17. The first kappa shape index (κ1) is 19.5. The molecule has 8 heteroatoms. The molecule has 1 atom stereocenters. The van der Waals surface area contributed by atoms with Gasteiger partial charge in [0.15, 0.2) is 0 Å². The van der Waals surface area contributed by atoms with Crippen molar-refractivity contribution in [3.63, 3.8) is 0 Å². The molecule has 5 nitrogen and oxygen atoms in total. The standard InChI is InChI=1S/C20H18F3N3O2/c1-11-7-3-4-8-13(11)17-16(12(2)24-19(28)26-17)18(27)25-15-10-6-5-9-14(15)20(21,22)23/h3-10,17H,1-2H3,(H,25,27)(H2,24,26,28)/t17-/m1/s1. The number of aryl methyl sites for hydroxylation is 1. The highest BCUT2D eigenvalue weighted by Gasteiger charge is 2.36. The van der Waals surface area contributed by atoms with Crippen LogP contribution in [0.2, 0.25) is 0 Å². The molecule has 0 saturated carbocycles. The van der Waals surface area contributed by atoms with Gasteiger partial charge in [-0.3, -0.25) is 4.79 Å². The number of allylic oxidation sites excluding steroid dienone is 1. The Bertz CT molecular complexity index is 967. The number of halogens is 3. The van der Waals surface area contributed by atoms with Crippen molar-refractivity contribution in [3.8, 4) is 0 Å². The average Bonchev–Trinajstić information content (AvgIpc) is 2.61. The SMILES string of the molecule is CC1=C(C(=O)Nc2ccccc2C(F)(F)F)[C@@H](c2ccccc2C)NC(=O)N1. The van der Waals surface area contributed by atoms with Gasteiger partial charge in [0.25, 0.3) is 5.91 Å². The summed E-state index contributed by atoms with van der Waals surface area (Å²) in [6.45, 7) is 3.36. The molecule has 1 heterocycles. The highest BCUT2D eigenvalue weighted by atomic mass is 19.4.